The van der Waals surface area contributed by atoms with Gasteiger partial charge in [0, 0.05) is 34.1 Å². The summed E-state index contributed by atoms with van der Waals surface area (Å²) >= 11 is 0. The standard InChI is InChI=1S/C38H40N2/c1-5-29-18-22-33(23-19-29)39(35-14-9-12-31(7-3)26-35)37-16-11-17-38(28-37)40(34-24-20-30(6-2)21-25-34)36-15-10-13-32(8-4)27-36/h9-28H,5-8H2,1-4H3. The summed E-state index contributed by atoms with van der Waals surface area (Å²) in [6, 6.07) is 44.7. The van der Waals surface area contributed by atoms with Crippen LogP contribution in [0.4, 0.5) is 34.1 Å². The first-order valence-electron chi connectivity index (χ1n) is 14.7. The molecule has 5 aromatic carbocycles. The molecule has 0 atom stereocenters. The lowest BCUT2D eigenvalue weighted by Crippen LogP contribution is -2.13. The van der Waals surface area contributed by atoms with Gasteiger partial charge in [-0.15, -0.1) is 0 Å². The van der Waals surface area contributed by atoms with Gasteiger partial charge in [-0.05, 0) is 115 Å². The van der Waals surface area contributed by atoms with Crippen molar-refractivity contribution in [2.45, 2.75) is 53.4 Å². The smallest absolute Gasteiger partial charge is 0.0482 e. The van der Waals surface area contributed by atoms with Crippen molar-refractivity contribution in [3.05, 3.63) is 144 Å². The zero-order valence-corrected chi connectivity index (χ0v) is 24.3. The van der Waals surface area contributed by atoms with Crippen LogP contribution in [0.3, 0.4) is 0 Å². The van der Waals surface area contributed by atoms with Gasteiger partial charge >= 0.3 is 0 Å². The van der Waals surface area contributed by atoms with Gasteiger partial charge in [-0.25, -0.2) is 0 Å². The number of rotatable bonds is 10. The number of hydrogen-bond donors (Lipinski definition) is 0. The molecule has 0 radical (unpaired) electrons. The molecule has 0 bridgehead atoms. The lowest BCUT2D eigenvalue weighted by Gasteiger charge is -2.30. The van der Waals surface area contributed by atoms with Crippen molar-refractivity contribution in [3.63, 3.8) is 0 Å². The first kappa shape index (κ1) is 27.3. The number of hydrogen-bond acceptors (Lipinski definition) is 2. The van der Waals surface area contributed by atoms with Crippen molar-refractivity contribution in [2.24, 2.45) is 0 Å². The molecule has 0 saturated heterocycles. The molecule has 0 N–H and O–H groups in total. The summed E-state index contributed by atoms with van der Waals surface area (Å²) in [5.74, 6) is 0. The second-order valence-corrected chi connectivity index (χ2v) is 10.3. The summed E-state index contributed by atoms with van der Waals surface area (Å²) in [5.41, 5.74) is 12.3. The Bertz CT molecular complexity index is 1420. The normalized spacial score (nSPS) is 10.9. The summed E-state index contributed by atoms with van der Waals surface area (Å²) < 4.78 is 0. The molecule has 0 unspecified atom stereocenters. The van der Waals surface area contributed by atoms with Crippen LogP contribution >= 0.6 is 0 Å². The predicted molar refractivity (Wildman–Crippen MR) is 173 cm³/mol. The third kappa shape index (κ3) is 5.97. The minimum absolute atomic E-state index is 1.01. The van der Waals surface area contributed by atoms with Crippen LogP contribution in [0.2, 0.25) is 0 Å². The topological polar surface area (TPSA) is 6.48 Å². The van der Waals surface area contributed by atoms with E-state index in [4.69, 9.17) is 0 Å². The highest BCUT2D eigenvalue weighted by Crippen LogP contribution is 2.40. The summed E-state index contributed by atoms with van der Waals surface area (Å²) in [4.78, 5) is 4.76. The van der Waals surface area contributed by atoms with Crippen LogP contribution < -0.4 is 9.80 Å². The summed E-state index contributed by atoms with van der Waals surface area (Å²) in [6.45, 7) is 8.84. The average Bonchev–Trinajstić information content (AvgIpc) is 3.02. The van der Waals surface area contributed by atoms with E-state index in [9.17, 15) is 0 Å². The Hall–Kier alpha value is -4.30. The highest BCUT2D eigenvalue weighted by atomic mass is 15.2. The van der Waals surface area contributed by atoms with E-state index < -0.39 is 0 Å². The van der Waals surface area contributed by atoms with Gasteiger partial charge in [-0.3, -0.25) is 0 Å². The zero-order valence-electron chi connectivity index (χ0n) is 24.3. The van der Waals surface area contributed by atoms with Crippen molar-refractivity contribution in [2.75, 3.05) is 9.80 Å². The Kier molecular flexibility index (Phi) is 8.66. The predicted octanol–water partition coefficient (Wildman–Crippen LogP) is 10.9. The van der Waals surface area contributed by atoms with Crippen molar-refractivity contribution < 1.29 is 0 Å². The molecule has 0 aliphatic heterocycles. The summed E-state index contributed by atoms with van der Waals surface area (Å²) in [6.07, 6.45) is 4.07. The van der Waals surface area contributed by atoms with E-state index in [2.05, 4.69) is 159 Å². The van der Waals surface area contributed by atoms with E-state index in [1.165, 1.54) is 33.6 Å². The lowest BCUT2D eigenvalue weighted by molar-refractivity contribution is 1.12. The monoisotopic (exact) mass is 524 g/mol. The molecule has 0 heterocycles. The Morgan fingerprint density at radius 2 is 0.650 bits per heavy atom. The molecule has 2 nitrogen and oxygen atoms in total. The molecule has 0 spiro atoms. The SMILES string of the molecule is CCc1ccc(N(c2cccc(CC)c2)c2cccc(N(c3ccc(CC)cc3)c3cccc(CC)c3)c2)cc1. The highest BCUT2D eigenvalue weighted by Gasteiger charge is 2.17. The van der Waals surface area contributed by atoms with E-state index in [0.29, 0.717) is 0 Å². The molecule has 5 rings (SSSR count). The fourth-order valence-corrected chi connectivity index (χ4v) is 5.26. The number of anilines is 6. The Balaban J connectivity index is 1.66. The largest absolute Gasteiger partial charge is 0.310 e. The van der Waals surface area contributed by atoms with Gasteiger partial charge in [-0.1, -0.05) is 82.3 Å². The molecule has 202 valence electrons. The molecule has 0 saturated carbocycles. The van der Waals surface area contributed by atoms with Crippen LogP contribution in [-0.4, -0.2) is 0 Å². The first-order valence-corrected chi connectivity index (χ1v) is 14.7. The number of aryl methyl sites for hydroxylation is 4. The third-order valence-electron chi connectivity index (χ3n) is 7.71. The number of nitrogens with zero attached hydrogens (tertiary/aromatic N) is 2. The first-order chi connectivity index (χ1) is 19.6. The summed E-state index contributed by atoms with van der Waals surface area (Å²) in [5, 5.41) is 0. The lowest BCUT2D eigenvalue weighted by atomic mass is 10.1. The minimum Gasteiger partial charge on any atom is -0.310 e. The van der Waals surface area contributed by atoms with Crippen LogP contribution in [0.15, 0.2) is 121 Å². The molecular formula is C38H40N2. The van der Waals surface area contributed by atoms with Crippen molar-refractivity contribution >= 4 is 34.1 Å². The molecule has 0 aromatic heterocycles. The molecule has 0 fully saturated rings. The maximum absolute atomic E-state index is 2.38. The minimum atomic E-state index is 1.01. The van der Waals surface area contributed by atoms with Gasteiger partial charge in [-0.2, -0.15) is 0 Å². The molecular weight excluding hydrogens is 484 g/mol. The molecule has 0 aliphatic rings. The van der Waals surface area contributed by atoms with E-state index >= 15 is 0 Å². The van der Waals surface area contributed by atoms with Gasteiger partial charge < -0.3 is 9.80 Å². The number of benzene rings is 5. The third-order valence-corrected chi connectivity index (χ3v) is 7.71. The van der Waals surface area contributed by atoms with Gasteiger partial charge in [0.2, 0.25) is 0 Å². The van der Waals surface area contributed by atoms with Gasteiger partial charge in [0.05, 0.1) is 0 Å². The highest BCUT2D eigenvalue weighted by molar-refractivity contribution is 5.83. The maximum atomic E-state index is 2.38. The van der Waals surface area contributed by atoms with E-state index in [-0.39, 0.29) is 0 Å². The molecule has 0 aliphatic carbocycles. The fourth-order valence-electron chi connectivity index (χ4n) is 5.26. The zero-order chi connectivity index (χ0) is 27.9. The second kappa shape index (κ2) is 12.7. The van der Waals surface area contributed by atoms with E-state index in [1.54, 1.807) is 0 Å². The quantitative estimate of drug-likeness (QED) is 0.179. The van der Waals surface area contributed by atoms with Crippen LogP contribution in [-0.2, 0) is 25.7 Å². The maximum Gasteiger partial charge on any atom is 0.0482 e. The van der Waals surface area contributed by atoms with E-state index in [1.807, 2.05) is 0 Å². The van der Waals surface area contributed by atoms with Crippen LogP contribution in [0, 0.1) is 0 Å². The average molecular weight is 525 g/mol. The Labute approximate surface area is 240 Å². The van der Waals surface area contributed by atoms with Crippen LogP contribution in [0.5, 0.6) is 0 Å². The molecule has 40 heavy (non-hydrogen) atoms. The van der Waals surface area contributed by atoms with Crippen LogP contribution in [0.1, 0.15) is 49.9 Å². The fraction of sp³-hybridized carbons (Fsp3) is 0.211. The Morgan fingerprint density at radius 3 is 1.00 bits per heavy atom. The Morgan fingerprint density at radius 1 is 0.325 bits per heavy atom. The second-order valence-electron chi connectivity index (χ2n) is 10.3. The van der Waals surface area contributed by atoms with Crippen molar-refractivity contribution in [3.8, 4) is 0 Å². The summed E-state index contributed by atoms with van der Waals surface area (Å²) in [7, 11) is 0. The van der Waals surface area contributed by atoms with E-state index in [0.717, 1.165) is 48.4 Å². The van der Waals surface area contributed by atoms with Crippen molar-refractivity contribution in [1.82, 2.24) is 0 Å². The van der Waals surface area contributed by atoms with Gasteiger partial charge in [0.25, 0.3) is 0 Å². The molecule has 0 amide bonds. The van der Waals surface area contributed by atoms with Crippen LogP contribution in [0.25, 0.3) is 0 Å². The van der Waals surface area contributed by atoms with Crippen molar-refractivity contribution in [1.29, 1.82) is 0 Å². The van der Waals surface area contributed by atoms with Gasteiger partial charge in [0.1, 0.15) is 0 Å². The molecule has 2 heteroatoms. The van der Waals surface area contributed by atoms with Gasteiger partial charge in [0.15, 0.2) is 0 Å². The molecule has 5 aromatic rings.